The van der Waals surface area contributed by atoms with E-state index in [2.05, 4.69) is 16.5 Å². The van der Waals surface area contributed by atoms with Crippen LogP contribution in [0.2, 0.25) is 0 Å². The van der Waals surface area contributed by atoms with Crippen molar-refractivity contribution in [1.82, 2.24) is 14.5 Å². The van der Waals surface area contributed by atoms with Gasteiger partial charge in [0, 0.05) is 49.7 Å². The first kappa shape index (κ1) is 17.2. The number of piperidine rings is 1. The van der Waals surface area contributed by atoms with E-state index in [0.29, 0.717) is 13.0 Å². The van der Waals surface area contributed by atoms with E-state index in [4.69, 9.17) is 0 Å². The average molecular weight is 347 g/mol. The van der Waals surface area contributed by atoms with Gasteiger partial charge in [-0.05, 0) is 30.2 Å². The molecule has 1 saturated heterocycles. The number of thiophene rings is 1. The summed E-state index contributed by atoms with van der Waals surface area (Å²) in [5.74, 6) is 1.49. The van der Waals surface area contributed by atoms with Crippen molar-refractivity contribution in [3.63, 3.8) is 0 Å². The Morgan fingerprint density at radius 1 is 1.46 bits per heavy atom. The maximum absolute atomic E-state index is 12.4. The highest BCUT2D eigenvalue weighted by Gasteiger charge is 2.28. The first-order valence-corrected chi connectivity index (χ1v) is 9.56. The SMILES string of the molecule is CCc1nccn1CCC(=O)N1CCC(C(O)c2cccs2)CC1. The number of hydrogen-bond donors (Lipinski definition) is 1. The van der Waals surface area contributed by atoms with Gasteiger partial charge in [-0.1, -0.05) is 13.0 Å². The van der Waals surface area contributed by atoms with Gasteiger partial charge in [-0.15, -0.1) is 11.3 Å². The molecular formula is C18H25N3O2S. The molecule has 3 heterocycles. The maximum atomic E-state index is 12.4. The van der Waals surface area contributed by atoms with Crippen LogP contribution in [0.5, 0.6) is 0 Å². The number of imidazole rings is 1. The highest BCUT2D eigenvalue weighted by atomic mass is 32.1. The van der Waals surface area contributed by atoms with E-state index in [9.17, 15) is 9.90 Å². The van der Waals surface area contributed by atoms with Crippen LogP contribution in [-0.2, 0) is 17.8 Å². The average Bonchev–Trinajstić information content (AvgIpc) is 3.30. The molecule has 5 nitrogen and oxygen atoms in total. The Balaban J connectivity index is 1.47. The molecule has 24 heavy (non-hydrogen) atoms. The molecule has 0 radical (unpaired) electrons. The Morgan fingerprint density at radius 3 is 2.92 bits per heavy atom. The Bertz CT molecular complexity index is 645. The molecule has 0 saturated carbocycles. The zero-order valence-corrected chi connectivity index (χ0v) is 14.9. The lowest BCUT2D eigenvalue weighted by molar-refractivity contribution is -0.133. The number of likely N-dealkylation sites (tertiary alicyclic amines) is 1. The van der Waals surface area contributed by atoms with Crippen molar-refractivity contribution in [2.24, 2.45) is 5.92 Å². The second-order valence-corrected chi connectivity index (χ2v) is 7.30. The van der Waals surface area contributed by atoms with E-state index in [1.165, 1.54) is 0 Å². The summed E-state index contributed by atoms with van der Waals surface area (Å²) in [6.07, 6.45) is 6.48. The smallest absolute Gasteiger partial charge is 0.224 e. The molecular weight excluding hydrogens is 322 g/mol. The topological polar surface area (TPSA) is 58.4 Å². The van der Waals surface area contributed by atoms with Crippen LogP contribution < -0.4 is 0 Å². The molecule has 3 rings (SSSR count). The molecule has 130 valence electrons. The molecule has 6 heteroatoms. The zero-order valence-electron chi connectivity index (χ0n) is 14.1. The van der Waals surface area contributed by atoms with Crippen molar-refractivity contribution >= 4 is 17.2 Å². The van der Waals surface area contributed by atoms with Gasteiger partial charge in [0.2, 0.25) is 5.91 Å². The van der Waals surface area contributed by atoms with Crippen LogP contribution in [0.15, 0.2) is 29.9 Å². The highest BCUT2D eigenvalue weighted by molar-refractivity contribution is 7.10. The molecule has 1 aliphatic rings. The fourth-order valence-electron chi connectivity index (χ4n) is 3.39. The Morgan fingerprint density at radius 2 is 2.25 bits per heavy atom. The Kier molecular flexibility index (Phi) is 5.68. The van der Waals surface area contributed by atoms with Crippen molar-refractivity contribution in [2.75, 3.05) is 13.1 Å². The van der Waals surface area contributed by atoms with Crippen LogP contribution in [-0.4, -0.2) is 38.6 Å². The van der Waals surface area contributed by atoms with Gasteiger partial charge in [0.25, 0.3) is 0 Å². The monoisotopic (exact) mass is 347 g/mol. The normalized spacial score (nSPS) is 17.2. The Hall–Kier alpha value is -1.66. The van der Waals surface area contributed by atoms with Gasteiger partial charge < -0.3 is 14.6 Å². The maximum Gasteiger partial charge on any atom is 0.224 e. The minimum absolute atomic E-state index is 0.204. The Labute approximate surface area is 146 Å². The minimum Gasteiger partial charge on any atom is -0.387 e. The number of carbonyl (C=O) groups is 1. The van der Waals surface area contributed by atoms with E-state index in [-0.39, 0.29) is 17.9 Å². The lowest BCUT2D eigenvalue weighted by Crippen LogP contribution is -2.40. The predicted octanol–water partition coefficient (Wildman–Crippen LogP) is 2.87. The van der Waals surface area contributed by atoms with E-state index < -0.39 is 0 Å². The number of hydrogen-bond acceptors (Lipinski definition) is 4. The van der Waals surface area contributed by atoms with Crippen molar-refractivity contribution in [2.45, 2.75) is 45.3 Å². The number of rotatable bonds is 6. The van der Waals surface area contributed by atoms with E-state index in [0.717, 1.165) is 43.1 Å². The molecule has 1 fully saturated rings. The first-order chi connectivity index (χ1) is 11.7. The summed E-state index contributed by atoms with van der Waals surface area (Å²) in [7, 11) is 0. The summed E-state index contributed by atoms with van der Waals surface area (Å²) in [6.45, 7) is 4.26. The first-order valence-electron chi connectivity index (χ1n) is 8.68. The van der Waals surface area contributed by atoms with Crippen molar-refractivity contribution in [3.05, 3.63) is 40.6 Å². The lowest BCUT2D eigenvalue weighted by atomic mass is 9.90. The van der Waals surface area contributed by atoms with Crippen LogP contribution in [0, 0.1) is 5.92 Å². The molecule has 1 unspecified atom stereocenters. The molecule has 2 aromatic heterocycles. The third-order valence-corrected chi connectivity index (χ3v) is 5.80. The second-order valence-electron chi connectivity index (χ2n) is 6.32. The third kappa shape index (κ3) is 3.87. The van der Waals surface area contributed by atoms with Crippen molar-refractivity contribution < 1.29 is 9.90 Å². The summed E-state index contributed by atoms with van der Waals surface area (Å²) in [6, 6.07) is 3.96. The van der Waals surface area contributed by atoms with E-state index >= 15 is 0 Å². The van der Waals surface area contributed by atoms with Gasteiger partial charge in [-0.25, -0.2) is 4.98 Å². The molecule has 0 spiro atoms. The highest BCUT2D eigenvalue weighted by Crippen LogP contribution is 2.33. The van der Waals surface area contributed by atoms with Gasteiger partial charge in [-0.2, -0.15) is 0 Å². The lowest BCUT2D eigenvalue weighted by Gasteiger charge is -2.34. The largest absolute Gasteiger partial charge is 0.387 e. The number of amides is 1. The molecule has 1 aliphatic heterocycles. The number of aryl methyl sites for hydroxylation is 2. The molecule has 1 amide bonds. The number of nitrogens with zero attached hydrogens (tertiary/aromatic N) is 3. The van der Waals surface area contributed by atoms with Gasteiger partial charge in [0.1, 0.15) is 5.82 Å². The molecule has 0 aliphatic carbocycles. The van der Waals surface area contributed by atoms with Gasteiger partial charge in [0.05, 0.1) is 6.10 Å². The zero-order chi connectivity index (χ0) is 16.9. The number of aliphatic hydroxyl groups excluding tert-OH is 1. The van der Waals surface area contributed by atoms with E-state index in [1.54, 1.807) is 17.5 Å². The van der Waals surface area contributed by atoms with Crippen LogP contribution in [0.1, 0.15) is 43.0 Å². The van der Waals surface area contributed by atoms with E-state index in [1.807, 2.05) is 28.6 Å². The van der Waals surface area contributed by atoms with Gasteiger partial charge in [0.15, 0.2) is 0 Å². The van der Waals surface area contributed by atoms with Gasteiger partial charge >= 0.3 is 0 Å². The molecule has 2 aromatic rings. The molecule has 1 N–H and O–H groups in total. The summed E-state index contributed by atoms with van der Waals surface area (Å²) in [5.41, 5.74) is 0. The summed E-state index contributed by atoms with van der Waals surface area (Å²) in [5, 5.41) is 12.4. The molecule has 0 bridgehead atoms. The predicted molar refractivity (Wildman–Crippen MR) is 94.8 cm³/mol. The standard InChI is InChI=1S/C18H25N3O2S/c1-2-16-19-8-12-20(16)11-7-17(22)21-9-5-14(6-10-21)18(23)15-4-3-13-24-15/h3-4,8,12-14,18,23H,2,5-7,9-11H2,1H3. The van der Waals surface area contributed by atoms with Crippen LogP contribution in [0.4, 0.5) is 0 Å². The van der Waals surface area contributed by atoms with Gasteiger partial charge in [-0.3, -0.25) is 4.79 Å². The minimum atomic E-state index is -0.389. The molecule has 0 aromatic carbocycles. The quantitative estimate of drug-likeness (QED) is 0.874. The van der Waals surface area contributed by atoms with Crippen LogP contribution in [0.3, 0.4) is 0 Å². The second kappa shape index (κ2) is 7.94. The van der Waals surface area contributed by atoms with Crippen molar-refractivity contribution in [1.29, 1.82) is 0 Å². The number of carbonyl (C=O) groups excluding carboxylic acids is 1. The summed E-state index contributed by atoms with van der Waals surface area (Å²) >= 11 is 1.60. The fraction of sp³-hybridized carbons (Fsp3) is 0.556. The number of aliphatic hydroxyl groups is 1. The van der Waals surface area contributed by atoms with Crippen molar-refractivity contribution in [3.8, 4) is 0 Å². The fourth-order valence-corrected chi connectivity index (χ4v) is 4.19. The van der Waals surface area contributed by atoms with Crippen LogP contribution in [0.25, 0.3) is 0 Å². The molecule has 1 atom stereocenters. The van der Waals surface area contributed by atoms with Crippen LogP contribution >= 0.6 is 11.3 Å². The number of aromatic nitrogens is 2. The summed E-state index contributed by atoms with van der Waals surface area (Å²) in [4.78, 5) is 19.7. The third-order valence-electron chi connectivity index (χ3n) is 4.86. The summed E-state index contributed by atoms with van der Waals surface area (Å²) < 4.78 is 2.06.